The van der Waals surface area contributed by atoms with Gasteiger partial charge in [0.05, 0.1) is 6.42 Å². The van der Waals surface area contributed by atoms with Crippen molar-refractivity contribution in [3.8, 4) is 0 Å². The second-order valence-corrected chi connectivity index (χ2v) is 9.52. The Morgan fingerprint density at radius 1 is 1.08 bits per heavy atom. The number of hydrogen-bond donors (Lipinski definition) is 2. The molecule has 1 rings (SSSR count). The van der Waals surface area contributed by atoms with Crippen molar-refractivity contribution < 1.29 is 24.2 Å². The number of nitrogens with one attached hydrogen (secondary N) is 1. The summed E-state index contributed by atoms with van der Waals surface area (Å²) in [6.07, 6.45) is 4.98. The first-order valence-electron chi connectivity index (χ1n) is 9.54. The lowest BCUT2D eigenvalue weighted by molar-refractivity contribution is -0.157. The van der Waals surface area contributed by atoms with E-state index in [9.17, 15) is 19.5 Å². The summed E-state index contributed by atoms with van der Waals surface area (Å²) in [6, 6.07) is -1.00. The summed E-state index contributed by atoms with van der Waals surface area (Å²) in [5.74, 6) is -2.01. The van der Waals surface area contributed by atoms with Crippen molar-refractivity contribution in [2.45, 2.75) is 91.7 Å². The molecule has 1 saturated carbocycles. The molecule has 0 spiro atoms. The molecule has 1 aliphatic carbocycles. The Hall–Kier alpha value is -1.59. The molecule has 150 valence electrons. The van der Waals surface area contributed by atoms with Crippen LogP contribution in [0.4, 0.5) is 0 Å². The van der Waals surface area contributed by atoms with Gasteiger partial charge in [-0.1, -0.05) is 46.5 Å². The van der Waals surface area contributed by atoms with E-state index >= 15 is 0 Å². The quantitative estimate of drug-likeness (QED) is 0.670. The van der Waals surface area contributed by atoms with Crippen molar-refractivity contribution in [2.24, 2.45) is 17.3 Å². The maximum atomic E-state index is 12.8. The predicted octanol–water partition coefficient (Wildman–Crippen LogP) is 3.53. The molecule has 1 amide bonds. The van der Waals surface area contributed by atoms with Gasteiger partial charge in [-0.2, -0.15) is 0 Å². The van der Waals surface area contributed by atoms with E-state index in [4.69, 9.17) is 4.74 Å². The van der Waals surface area contributed by atoms with Gasteiger partial charge in [0.2, 0.25) is 5.91 Å². The number of carbonyl (C=O) groups excluding carboxylic acids is 2. The lowest BCUT2D eigenvalue weighted by Crippen LogP contribution is -2.51. The van der Waals surface area contributed by atoms with Crippen molar-refractivity contribution in [1.29, 1.82) is 0 Å². The molecular weight excluding hydrogens is 334 g/mol. The van der Waals surface area contributed by atoms with Crippen LogP contribution in [0.3, 0.4) is 0 Å². The number of rotatable bonds is 7. The Morgan fingerprint density at radius 2 is 1.62 bits per heavy atom. The molecular formula is C20H35NO5. The number of ether oxygens (including phenoxy) is 1. The molecule has 0 aromatic carbocycles. The number of amides is 1. The molecule has 1 fully saturated rings. The van der Waals surface area contributed by atoms with Gasteiger partial charge in [0.1, 0.15) is 11.6 Å². The fourth-order valence-electron chi connectivity index (χ4n) is 3.42. The molecule has 0 radical (unpaired) electrons. The van der Waals surface area contributed by atoms with Crippen molar-refractivity contribution in [2.75, 3.05) is 0 Å². The zero-order chi connectivity index (χ0) is 20.1. The van der Waals surface area contributed by atoms with Gasteiger partial charge in [0.25, 0.3) is 0 Å². The van der Waals surface area contributed by atoms with Gasteiger partial charge < -0.3 is 15.2 Å². The number of carboxylic acids is 1. The van der Waals surface area contributed by atoms with E-state index in [-0.39, 0.29) is 12.3 Å². The summed E-state index contributed by atoms with van der Waals surface area (Å²) < 4.78 is 5.37. The normalized spacial score (nSPS) is 18.2. The standard InChI is InChI=1S/C20H35NO5/c1-19(2,3)16(18(24)25)21-17(23)14(11-13-9-7-8-10-13)12-15(22)26-20(4,5)6/h13-14,16H,7-12H2,1-6H3,(H,21,23)(H,24,25)/t14?,16-/m1/s1. The number of aliphatic carboxylic acids is 1. The highest BCUT2D eigenvalue weighted by Gasteiger charge is 2.36. The third kappa shape index (κ3) is 7.75. The van der Waals surface area contributed by atoms with Crippen molar-refractivity contribution in [3.63, 3.8) is 0 Å². The van der Waals surface area contributed by atoms with E-state index in [1.165, 1.54) is 0 Å². The van der Waals surface area contributed by atoms with Gasteiger partial charge in [0, 0.05) is 5.92 Å². The molecule has 1 unspecified atom stereocenters. The topological polar surface area (TPSA) is 92.7 Å². The lowest BCUT2D eigenvalue weighted by atomic mass is 9.85. The molecule has 0 aromatic heterocycles. The van der Waals surface area contributed by atoms with E-state index in [1.807, 2.05) is 0 Å². The van der Waals surface area contributed by atoms with Gasteiger partial charge in [-0.3, -0.25) is 9.59 Å². The zero-order valence-electron chi connectivity index (χ0n) is 17.1. The van der Waals surface area contributed by atoms with Crippen molar-refractivity contribution >= 4 is 17.8 Å². The van der Waals surface area contributed by atoms with Crippen LogP contribution in [-0.4, -0.2) is 34.6 Å². The first-order chi connectivity index (χ1) is 11.8. The van der Waals surface area contributed by atoms with Crippen LogP contribution in [-0.2, 0) is 19.1 Å². The van der Waals surface area contributed by atoms with E-state index in [2.05, 4.69) is 5.32 Å². The first kappa shape index (κ1) is 22.5. The highest BCUT2D eigenvalue weighted by molar-refractivity contribution is 5.88. The van der Waals surface area contributed by atoms with Crippen LogP contribution in [0, 0.1) is 17.3 Å². The molecule has 6 heteroatoms. The minimum absolute atomic E-state index is 0.0178. The molecule has 2 atom stereocenters. The summed E-state index contributed by atoms with van der Waals surface area (Å²) in [5.41, 5.74) is -1.23. The Labute approximate surface area is 157 Å². The summed E-state index contributed by atoms with van der Waals surface area (Å²) >= 11 is 0. The predicted molar refractivity (Wildman–Crippen MR) is 99.5 cm³/mol. The number of esters is 1. The molecule has 0 saturated heterocycles. The number of carboxylic acid groups (broad SMARTS) is 1. The molecule has 26 heavy (non-hydrogen) atoms. The third-order valence-electron chi connectivity index (χ3n) is 4.70. The van der Waals surface area contributed by atoms with E-state index in [1.54, 1.807) is 41.5 Å². The van der Waals surface area contributed by atoms with E-state index < -0.39 is 34.9 Å². The van der Waals surface area contributed by atoms with E-state index in [0.29, 0.717) is 12.3 Å². The highest BCUT2D eigenvalue weighted by atomic mass is 16.6. The Morgan fingerprint density at radius 3 is 2.04 bits per heavy atom. The van der Waals surface area contributed by atoms with Crippen LogP contribution in [0.5, 0.6) is 0 Å². The molecule has 0 aliphatic heterocycles. The highest BCUT2D eigenvalue weighted by Crippen LogP contribution is 2.32. The summed E-state index contributed by atoms with van der Waals surface area (Å²) in [5, 5.41) is 12.1. The monoisotopic (exact) mass is 369 g/mol. The molecule has 0 bridgehead atoms. The van der Waals surface area contributed by atoms with E-state index in [0.717, 1.165) is 25.7 Å². The zero-order valence-corrected chi connectivity index (χ0v) is 17.1. The third-order valence-corrected chi connectivity index (χ3v) is 4.70. The maximum Gasteiger partial charge on any atom is 0.326 e. The average Bonchev–Trinajstić information content (AvgIpc) is 2.92. The Balaban J connectivity index is 2.86. The molecule has 1 aliphatic rings. The van der Waals surface area contributed by atoms with Gasteiger partial charge >= 0.3 is 11.9 Å². The van der Waals surface area contributed by atoms with Gasteiger partial charge in [-0.25, -0.2) is 4.79 Å². The molecule has 0 heterocycles. The van der Waals surface area contributed by atoms with Gasteiger partial charge in [-0.05, 0) is 38.5 Å². The second-order valence-electron chi connectivity index (χ2n) is 9.52. The lowest BCUT2D eigenvalue weighted by Gasteiger charge is -2.30. The minimum atomic E-state index is -1.07. The van der Waals surface area contributed by atoms with Crippen LogP contribution >= 0.6 is 0 Å². The fourth-order valence-corrected chi connectivity index (χ4v) is 3.42. The summed E-state index contributed by atoms with van der Waals surface area (Å²) in [6.45, 7) is 10.7. The second kappa shape index (κ2) is 8.87. The average molecular weight is 370 g/mol. The molecule has 2 N–H and O–H groups in total. The maximum absolute atomic E-state index is 12.8. The number of hydrogen-bond acceptors (Lipinski definition) is 4. The van der Waals surface area contributed by atoms with Crippen molar-refractivity contribution in [3.05, 3.63) is 0 Å². The van der Waals surface area contributed by atoms with Crippen LogP contribution in [0.2, 0.25) is 0 Å². The SMILES string of the molecule is CC(C)(C)OC(=O)CC(CC1CCCC1)C(=O)N[C@H](C(=O)O)C(C)(C)C. The van der Waals surface area contributed by atoms with Crippen LogP contribution in [0.15, 0.2) is 0 Å². The van der Waals surface area contributed by atoms with Gasteiger partial charge in [0.15, 0.2) is 0 Å². The molecule has 0 aromatic rings. The van der Waals surface area contributed by atoms with Gasteiger partial charge in [-0.15, -0.1) is 0 Å². The van der Waals surface area contributed by atoms with Crippen LogP contribution < -0.4 is 5.32 Å². The summed E-state index contributed by atoms with van der Waals surface area (Å²) in [7, 11) is 0. The summed E-state index contributed by atoms with van der Waals surface area (Å²) in [4.78, 5) is 36.6. The Bertz CT molecular complexity index is 509. The minimum Gasteiger partial charge on any atom is -0.480 e. The smallest absolute Gasteiger partial charge is 0.326 e. The Kier molecular flexibility index (Phi) is 7.66. The van der Waals surface area contributed by atoms with Crippen LogP contribution in [0.25, 0.3) is 0 Å². The first-order valence-corrected chi connectivity index (χ1v) is 9.54. The number of carbonyl (C=O) groups is 3. The molecule has 6 nitrogen and oxygen atoms in total. The van der Waals surface area contributed by atoms with Crippen molar-refractivity contribution in [1.82, 2.24) is 5.32 Å². The largest absolute Gasteiger partial charge is 0.480 e. The van der Waals surface area contributed by atoms with Crippen LogP contribution in [0.1, 0.15) is 80.1 Å². The fraction of sp³-hybridized carbons (Fsp3) is 0.850.